The molecule has 1 aromatic heterocycles. The van der Waals surface area contributed by atoms with Crippen LogP contribution in [0.15, 0.2) is 12.1 Å². The molecule has 1 amide bonds. The lowest BCUT2D eigenvalue weighted by molar-refractivity contribution is -0.142. The molecule has 0 aliphatic carbocycles. The van der Waals surface area contributed by atoms with E-state index in [1.54, 1.807) is 6.92 Å². The molecule has 0 aliphatic rings. The molecule has 0 radical (unpaired) electrons. The molecular formula is C12H17NO3S. The fraction of sp³-hybridized carbons (Fsp3) is 0.500. The maximum absolute atomic E-state index is 11.7. The van der Waals surface area contributed by atoms with Crippen LogP contribution >= 0.6 is 11.3 Å². The van der Waals surface area contributed by atoms with Gasteiger partial charge >= 0.3 is 5.97 Å². The number of hydrogen-bond acceptors (Lipinski definition) is 4. The van der Waals surface area contributed by atoms with Crippen LogP contribution in [0.3, 0.4) is 0 Å². The van der Waals surface area contributed by atoms with Gasteiger partial charge in [0.1, 0.15) is 0 Å². The monoisotopic (exact) mass is 255 g/mol. The molecule has 5 heteroatoms. The summed E-state index contributed by atoms with van der Waals surface area (Å²) < 4.78 is 4.76. The minimum Gasteiger partial charge on any atom is -0.466 e. The highest BCUT2D eigenvalue weighted by Gasteiger charge is 2.09. The van der Waals surface area contributed by atoms with Crippen molar-refractivity contribution in [3.63, 3.8) is 0 Å². The lowest BCUT2D eigenvalue weighted by atomic mass is 10.3. The molecule has 0 fully saturated rings. The van der Waals surface area contributed by atoms with E-state index in [9.17, 15) is 9.59 Å². The molecule has 1 rings (SSSR count). The predicted octanol–water partition coefficient (Wildman–Crippen LogP) is 1.99. The first kappa shape index (κ1) is 13.7. The maximum Gasteiger partial charge on any atom is 0.307 e. The lowest BCUT2D eigenvalue weighted by Gasteiger charge is -2.03. The number of amides is 1. The number of thiophene rings is 1. The number of carbonyl (C=O) groups excluding carboxylic acids is 2. The summed E-state index contributed by atoms with van der Waals surface area (Å²) in [5.41, 5.74) is 0. The maximum atomic E-state index is 11.7. The largest absolute Gasteiger partial charge is 0.466 e. The highest BCUT2D eigenvalue weighted by molar-refractivity contribution is 7.14. The van der Waals surface area contributed by atoms with Crippen molar-refractivity contribution in [1.29, 1.82) is 0 Å². The third kappa shape index (κ3) is 4.56. The van der Waals surface area contributed by atoms with E-state index < -0.39 is 0 Å². The van der Waals surface area contributed by atoms with E-state index in [1.165, 1.54) is 16.2 Å². The average molecular weight is 255 g/mol. The lowest BCUT2D eigenvalue weighted by Crippen LogP contribution is -2.25. The highest BCUT2D eigenvalue weighted by atomic mass is 32.1. The highest BCUT2D eigenvalue weighted by Crippen LogP contribution is 2.16. The predicted molar refractivity (Wildman–Crippen MR) is 67.3 cm³/mol. The van der Waals surface area contributed by atoms with E-state index in [-0.39, 0.29) is 18.3 Å². The number of esters is 1. The van der Waals surface area contributed by atoms with Gasteiger partial charge in [0.2, 0.25) is 0 Å². The Labute approximate surface area is 105 Å². The fourth-order valence-corrected chi connectivity index (χ4v) is 2.15. The van der Waals surface area contributed by atoms with Gasteiger partial charge in [0, 0.05) is 11.4 Å². The molecule has 0 saturated carbocycles. The van der Waals surface area contributed by atoms with E-state index in [1.807, 2.05) is 19.1 Å². The summed E-state index contributed by atoms with van der Waals surface area (Å²) in [6.45, 7) is 4.50. The van der Waals surface area contributed by atoms with Crippen molar-refractivity contribution in [1.82, 2.24) is 5.32 Å². The molecule has 0 unspecified atom stereocenters. The molecule has 0 spiro atoms. The minimum absolute atomic E-state index is 0.126. The number of rotatable bonds is 6. The van der Waals surface area contributed by atoms with Crippen LogP contribution in [0, 0.1) is 0 Å². The third-order valence-corrected chi connectivity index (χ3v) is 3.38. The molecule has 17 heavy (non-hydrogen) atoms. The second kappa shape index (κ2) is 7.06. The number of carbonyl (C=O) groups is 2. The van der Waals surface area contributed by atoms with Gasteiger partial charge in [0.05, 0.1) is 17.9 Å². The van der Waals surface area contributed by atoms with Crippen LogP contribution in [-0.2, 0) is 16.0 Å². The molecule has 0 saturated heterocycles. The molecule has 94 valence electrons. The van der Waals surface area contributed by atoms with Gasteiger partial charge < -0.3 is 10.1 Å². The van der Waals surface area contributed by atoms with Gasteiger partial charge in [0.25, 0.3) is 5.91 Å². The number of hydrogen-bond donors (Lipinski definition) is 1. The molecule has 0 atom stereocenters. The molecule has 1 heterocycles. The smallest absolute Gasteiger partial charge is 0.307 e. The van der Waals surface area contributed by atoms with Crippen molar-refractivity contribution >= 4 is 23.2 Å². The summed E-state index contributed by atoms with van der Waals surface area (Å²) >= 11 is 1.48. The molecule has 0 aromatic carbocycles. The third-order valence-electron chi connectivity index (χ3n) is 2.15. The summed E-state index contributed by atoms with van der Waals surface area (Å²) in [5.74, 6) is -0.410. The van der Waals surface area contributed by atoms with Crippen LogP contribution in [0.1, 0.15) is 34.8 Å². The standard InChI is InChI=1S/C12H17NO3S/c1-3-9-5-6-10(17-9)12(15)13-8-7-11(14)16-4-2/h5-6H,3-4,7-8H2,1-2H3,(H,13,15). The Balaban J connectivity index is 2.32. The summed E-state index contributed by atoms with van der Waals surface area (Å²) in [4.78, 5) is 24.6. The zero-order valence-corrected chi connectivity index (χ0v) is 10.9. The Morgan fingerprint density at radius 1 is 1.35 bits per heavy atom. The topological polar surface area (TPSA) is 55.4 Å². The van der Waals surface area contributed by atoms with Gasteiger partial charge in [-0.1, -0.05) is 6.92 Å². The number of ether oxygens (including phenoxy) is 1. The van der Waals surface area contributed by atoms with Crippen LogP contribution in [-0.4, -0.2) is 25.0 Å². The van der Waals surface area contributed by atoms with Gasteiger partial charge in [0.15, 0.2) is 0 Å². The van der Waals surface area contributed by atoms with Gasteiger partial charge in [-0.05, 0) is 25.5 Å². The first-order valence-electron chi connectivity index (χ1n) is 5.69. The van der Waals surface area contributed by atoms with Crippen molar-refractivity contribution in [3.8, 4) is 0 Å². The van der Waals surface area contributed by atoms with E-state index >= 15 is 0 Å². The van der Waals surface area contributed by atoms with Crippen LogP contribution < -0.4 is 5.32 Å². The first-order valence-corrected chi connectivity index (χ1v) is 6.51. The summed E-state index contributed by atoms with van der Waals surface area (Å²) in [6, 6.07) is 3.76. The van der Waals surface area contributed by atoms with Crippen molar-refractivity contribution in [2.75, 3.05) is 13.2 Å². The molecule has 4 nitrogen and oxygen atoms in total. The Hall–Kier alpha value is -1.36. The Bertz CT molecular complexity index is 387. The van der Waals surface area contributed by atoms with E-state index in [0.29, 0.717) is 18.0 Å². The molecule has 0 bridgehead atoms. The SMILES string of the molecule is CCOC(=O)CCNC(=O)c1ccc(CC)s1. The van der Waals surface area contributed by atoms with E-state index in [0.717, 1.165) is 6.42 Å². The summed E-state index contributed by atoms with van der Waals surface area (Å²) in [5, 5.41) is 2.70. The Kier molecular flexibility index (Phi) is 5.69. The molecular weight excluding hydrogens is 238 g/mol. The zero-order valence-electron chi connectivity index (χ0n) is 10.1. The minimum atomic E-state index is -0.284. The summed E-state index contributed by atoms with van der Waals surface area (Å²) in [6.07, 6.45) is 1.15. The summed E-state index contributed by atoms with van der Waals surface area (Å²) in [7, 11) is 0. The van der Waals surface area contributed by atoms with E-state index in [4.69, 9.17) is 4.74 Å². The quantitative estimate of drug-likeness (QED) is 0.791. The second-order valence-corrected chi connectivity index (χ2v) is 4.60. The number of nitrogens with one attached hydrogen (secondary N) is 1. The second-order valence-electron chi connectivity index (χ2n) is 3.43. The fourth-order valence-electron chi connectivity index (χ4n) is 1.29. The van der Waals surface area contributed by atoms with Crippen molar-refractivity contribution in [2.45, 2.75) is 26.7 Å². The molecule has 1 aromatic rings. The van der Waals surface area contributed by atoms with Gasteiger partial charge in [-0.25, -0.2) is 0 Å². The van der Waals surface area contributed by atoms with Crippen LogP contribution in [0.5, 0.6) is 0 Å². The van der Waals surface area contributed by atoms with Crippen molar-refractivity contribution < 1.29 is 14.3 Å². The van der Waals surface area contributed by atoms with E-state index in [2.05, 4.69) is 5.32 Å². The zero-order chi connectivity index (χ0) is 12.7. The Morgan fingerprint density at radius 3 is 2.71 bits per heavy atom. The average Bonchev–Trinajstić information content (AvgIpc) is 2.77. The van der Waals surface area contributed by atoms with Crippen molar-refractivity contribution in [3.05, 3.63) is 21.9 Å². The Morgan fingerprint density at radius 2 is 2.12 bits per heavy atom. The van der Waals surface area contributed by atoms with Gasteiger partial charge in [-0.15, -0.1) is 11.3 Å². The van der Waals surface area contributed by atoms with Crippen molar-refractivity contribution in [2.24, 2.45) is 0 Å². The van der Waals surface area contributed by atoms with Gasteiger partial charge in [-0.3, -0.25) is 9.59 Å². The molecule has 0 aliphatic heterocycles. The van der Waals surface area contributed by atoms with Crippen LogP contribution in [0.25, 0.3) is 0 Å². The molecule has 1 N–H and O–H groups in total. The normalized spacial score (nSPS) is 10.0. The van der Waals surface area contributed by atoms with Gasteiger partial charge in [-0.2, -0.15) is 0 Å². The first-order chi connectivity index (χ1) is 8.17. The van der Waals surface area contributed by atoms with Crippen LogP contribution in [0.2, 0.25) is 0 Å². The van der Waals surface area contributed by atoms with Crippen LogP contribution in [0.4, 0.5) is 0 Å². The number of aryl methyl sites for hydroxylation is 1.